The summed E-state index contributed by atoms with van der Waals surface area (Å²) in [6.45, 7) is 8.38. The molecule has 0 aliphatic rings. The van der Waals surface area contributed by atoms with Gasteiger partial charge in [-0.25, -0.2) is 8.78 Å². The van der Waals surface area contributed by atoms with Crippen LogP contribution in [-0.4, -0.2) is 13.1 Å². The second-order valence-electron chi connectivity index (χ2n) is 5.16. The van der Waals surface area contributed by atoms with Crippen molar-refractivity contribution in [3.05, 3.63) is 35.4 Å². The van der Waals surface area contributed by atoms with Crippen LogP contribution in [0.3, 0.4) is 0 Å². The highest BCUT2D eigenvalue weighted by molar-refractivity contribution is 5.18. The predicted octanol–water partition coefficient (Wildman–Crippen LogP) is 3.78. The highest BCUT2D eigenvalue weighted by Gasteiger charge is 2.14. The molecular formula is C15H23F2N. The van der Waals surface area contributed by atoms with Gasteiger partial charge in [-0.05, 0) is 55.5 Å². The summed E-state index contributed by atoms with van der Waals surface area (Å²) in [5, 5.41) is 3.39. The fourth-order valence-corrected chi connectivity index (χ4v) is 1.98. The van der Waals surface area contributed by atoms with Gasteiger partial charge in [0.2, 0.25) is 0 Å². The van der Waals surface area contributed by atoms with Crippen LogP contribution in [0.4, 0.5) is 8.78 Å². The van der Waals surface area contributed by atoms with Crippen LogP contribution in [0.1, 0.15) is 32.8 Å². The molecule has 1 atom stereocenters. The summed E-state index contributed by atoms with van der Waals surface area (Å²) >= 11 is 0. The monoisotopic (exact) mass is 255 g/mol. The van der Waals surface area contributed by atoms with E-state index in [1.54, 1.807) is 6.07 Å². The van der Waals surface area contributed by atoms with E-state index in [1.165, 1.54) is 12.1 Å². The second kappa shape index (κ2) is 7.47. The maximum Gasteiger partial charge on any atom is 0.159 e. The van der Waals surface area contributed by atoms with Crippen molar-refractivity contribution in [1.29, 1.82) is 0 Å². The zero-order chi connectivity index (χ0) is 13.5. The summed E-state index contributed by atoms with van der Waals surface area (Å²) in [6, 6.07) is 4.19. The molecule has 1 aromatic carbocycles. The molecule has 0 saturated heterocycles. The maximum atomic E-state index is 13.1. The summed E-state index contributed by atoms with van der Waals surface area (Å²) in [7, 11) is 0. The maximum absolute atomic E-state index is 13.1. The topological polar surface area (TPSA) is 12.0 Å². The fraction of sp³-hybridized carbons (Fsp3) is 0.600. The lowest BCUT2D eigenvalue weighted by molar-refractivity contribution is 0.360. The number of nitrogens with one attached hydrogen (secondary N) is 1. The van der Waals surface area contributed by atoms with E-state index in [2.05, 4.69) is 26.1 Å². The predicted molar refractivity (Wildman–Crippen MR) is 71.6 cm³/mol. The highest BCUT2D eigenvalue weighted by atomic mass is 19.2. The van der Waals surface area contributed by atoms with Crippen molar-refractivity contribution >= 4 is 0 Å². The number of rotatable bonds is 7. The lowest BCUT2D eigenvalue weighted by atomic mass is 9.89. The molecule has 0 radical (unpaired) electrons. The van der Waals surface area contributed by atoms with Crippen LogP contribution in [0.2, 0.25) is 0 Å². The number of benzene rings is 1. The van der Waals surface area contributed by atoms with Crippen molar-refractivity contribution < 1.29 is 8.78 Å². The van der Waals surface area contributed by atoms with Gasteiger partial charge in [0.25, 0.3) is 0 Å². The van der Waals surface area contributed by atoms with Crippen LogP contribution in [0, 0.1) is 23.5 Å². The average Bonchev–Trinajstić information content (AvgIpc) is 2.32. The van der Waals surface area contributed by atoms with Gasteiger partial charge in [0.15, 0.2) is 11.6 Å². The van der Waals surface area contributed by atoms with Crippen molar-refractivity contribution in [2.24, 2.45) is 11.8 Å². The smallest absolute Gasteiger partial charge is 0.159 e. The van der Waals surface area contributed by atoms with E-state index in [-0.39, 0.29) is 0 Å². The van der Waals surface area contributed by atoms with Crippen molar-refractivity contribution in [2.75, 3.05) is 13.1 Å². The minimum atomic E-state index is -0.774. The van der Waals surface area contributed by atoms with Crippen molar-refractivity contribution in [3.8, 4) is 0 Å². The first kappa shape index (κ1) is 15.1. The quantitative estimate of drug-likeness (QED) is 0.731. The SMILES string of the molecule is CCCNCC(Cc1ccc(F)c(F)c1)C(C)C. The largest absolute Gasteiger partial charge is 0.316 e. The summed E-state index contributed by atoms with van der Waals surface area (Å²) in [5.74, 6) is -0.565. The van der Waals surface area contributed by atoms with Gasteiger partial charge in [-0.15, -0.1) is 0 Å². The molecule has 1 N–H and O–H groups in total. The van der Waals surface area contributed by atoms with Gasteiger partial charge >= 0.3 is 0 Å². The van der Waals surface area contributed by atoms with Gasteiger partial charge in [0, 0.05) is 0 Å². The van der Waals surface area contributed by atoms with E-state index in [0.29, 0.717) is 11.8 Å². The minimum Gasteiger partial charge on any atom is -0.316 e. The third-order valence-corrected chi connectivity index (χ3v) is 3.26. The van der Waals surface area contributed by atoms with Gasteiger partial charge < -0.3 is 5.32 Å². The van der Waals surface area contributed by atoms with Crippen LogP contribution >= 0.6 is 0 Å². The summed E-state index contributed by atoms with van der Waals surface area (Å²) < 4.78 is 26.0. The third-order valence-electron chi connectivity index (χ3n) is 3.26. The molecule has 1 unspecified atom stereocenters. The summed E-state index contributed by atoms with van der Waals surface area (Å²) in [5.41, 5.74) is 0.867. The molecule has 3 heteroatoms. The van der Waals surface area contributed by atoms with E-state index in [9.17, 15) is 8.78 Å². The van der Waals surface area contributed by atoms with Crippen LogP contribution in [0.25, 0.3) is 0 Å². The van der Waals surface area contributed by atoms with E-state index < -0.39 is 11.6 Å². The third kappa shape index (κ3) is 4.73. The summed E-state index contributed by atoms with van der Waals surface area (Å²) in [4.78, 5) is 0. The van der Waals surface area contributed by atoms with Crippen LogP contribution in [0.5, 0.6) is 0 Å². The molecular weight excluding hydrogens is 232 g/mol. The van der Waals surface area contributed by atoms with Crippen molar-refractivity contribution in [1.82, 2.24) is 5.32 Å². The molecule has 1 nitrogen and oxygen atoms in total. The molecule has 0 aliphatic carbocycles. The first-order valence-electron chi connectivity index (χ1n) is 6.69. The molecule has 0 fully saturated rings. The Balaban J connectivity index is 2.61. The van der Waals surface area contributed by atoms with Gasteiger partial charge in [0.05, 0.1) is 0 Å². The fourth-order valence-electron chi connectivity index (χ4n) is 1.98. The molecule has 0 saturated carbocycles. The molecule has 18 heavy (non-hydrogen) atoms. The van der Waals surface area contributed by atoms with Crippen LogP contribution in [-0.2, 0) is 6.42 Å². The molecule has 1 aromatic rings. The molecule has 0 heterocycles. The standard InChI is InChI=1S/C15H23F2N/c1-4-7-18-10-13(11(2)3)8-12-5-6-14(16)15(17)9-12/h5-6,9,11,13,18H,4,7-8,10H2,1-3H3. The van der Waals surface area contributed by atoms with Gasteiger partial charge in [0.1, 0.15) is 0 Å². The van der Waals surface area contributed by atoms with Gasteiger partial charge in [-0.1, -0.05) is 26.8 Å². The molecule has 1 rings (SSSR count). The van der Waals surface area contributed by atoms with Crippen molar-refractivity contribution in [2.45, 2.75) is 33.6 Å². The second-order valence-corrected chi connectivity index (χ2v) is 5.16. The minimum absolute atomic E-state index is 0.446. The van der Waals surface area contributed by atoms with Gasteiger partial charge in [-0.3, -0.25) is 0 Å². The van der Waals surface area contributed by atoms with E-state index in [0.717, 1.165) is 31.5 Å². The molecule has 102 valence electrons. The van der Waals surface area contributed by atoms with E-state index in [1.807, 2.05) is 0 Å². The number of hydrogen-bond acceptors (Lipinski definition) is 1. The molecule has 0 spiro atoms. The Hall–Kier alpha value is -0.960. The summed E-state index contributed by atoms with van der Waals surface area (Å²) in [6.07, 6.45) is 1.89. The lowest BCUT2D eigenvalue weighted by Gasteiger charge is -2.21. The Morgan fingerprint density at radius 3 is 2.44 bits per heavy atom. The average molecular weight is 255 g/mol. The Bertz CT molecular complexity index is 364. The Kier molecular flexibility index (Phi) is 6.27. The van der Waals surface area contributed by atoms with Gasteiger partial charge in [-0.2, -0.15) is 0 Å². The molecule has 0 aliphatic heterocycles. The normalized spacial score (nSPS) is 13.0. The highest BCUT2D eigenvalue weighted by Crippen LogP contribution is 2.18. The van der Waals surface area contributed by atoms with Crippen LogP contribution in [0.15, 0.2) is 18.2 Å². The molecule has 0 bridgehead atoms. The number of halogens is 2. The molecule has 0 amide bonds. The van der Waals surface area contributed by atoms with E-state index in [4.69, 9.17) is 0 Å². The Morgan fingerprint density at radius 1 is 1.17 bits per heavy atom. The zero-order valence-electron chi connectivity index (χ0n) is 11.5. The van der Waals surface area contributed by atoms with Crippen LogP contribution < -0.4 is 5.32 Å². The molecule has 0 aromatic heterocycles. The zero-order valence-corrected chi connectivity index (χ0v) is 11.5. The first-order valence-corrected chi connectivity index (χ1v) is 6.69. The number of hydrogen-bond donors (Lipinski definition) is 1. The lowest BCUT2D eigenvalue weighted by Crippen LogP contribution is -2.28. The first-order chi connectivity index (χ1) is 8.54. The van der Waals surface area contributed by atoms with Crippen molar-refractivity contribution in [3.63, 3.8) is 0 Å². The Morgan fingerprint density at radius 2 is 1.89 bits per heavy atom. The van der Waals surface area contributed by atoms with E-state index >= 15 is 0 Å². The Labute approximate surface area is 109 Å².